The van der Waals surface area contributed by atoms with E-state index in [4.69, 9.17) is 9.47 Å². The summed E-state index contributed by atoms with van der Waals surface area (Å²) in [6.45, 7) is 1.83. The van der Waals surface area contributed by atoms with Crippen molar-refractivity contribution in [2.45, 2.75) is 19.3 Å². The van der Waals surface area contributed by atoms with Gasteiger partial charge in [-0.1, -0.05) is 0 Å². The standard InChI is InChI=1S/C10H14BrNO3S/c1-6(10(14-2)15-3)12-9(13)7-4-8(11)16-5-7/h4-6,10H,1-3H3,(H,12,13). The summed E-state index contributed by atoms with van der Waals surface area (Å²) in [6.07, 6.45) is -0.439. The van der Waals surface area contributed by atoms with E-state index in [0.29, 0.717) is 5.56 Å². The van der Waals surface area contributed by atoms with Crippen molar-refractivity contribution in [3.8, 4) is 0 Å². The van der Waals surface area contributed by atoms with E-state index in [2.05, 4.69) is 21.2 Å². The summed E-state index contributed by atoms with van der Waals surface area (Å²) in [5.41, 5.74) is 0.634. The van der Waals surface area contributed by atoms with E-state index in [1.807, 2.05) is 6.92 Å². The SMILES string of the molecule is COC(OC)C(C)NC(=O)c1csc(Br)c1. The number of thiophene rings is 1. The molecule has 1 aromatic heterocycles. The van der Waals surface area contributed by atoms with Crippen LogP contribution in [0.2, 0.25) is 0 Å². The van der Waals surface area contributed by atoms with Gasteiger partial charge in [-0.05, 0) is 28.9 Å². The Labute approximate surface area is 107 Å². The van der Waals surface area contributed by atoms with Gasteiger partial charge in [0.2, 0.25) is 0 Å². The third-order valence-electron chi connectivity index (χ3n) is 2.06. The van der Waals surface area contributed by atoms with E-state index in [0.717, 1.165) is 3.79 Å². The van der Waals surface area contributed by atoms with Crippen LogP contribution < -0.4 is 5.32 Å². The largest absolute Gasteiger partial charge is 0.354 e. The summed E-state index contributed by atoms with van der Waals surface area (Å²) in [6, 6.07) is 1.57. The lowest BCUT2D eigenvalue weighted by atomic mass is 10.2. The summed E-state index contributed by atoms with van der Waals surface area (Å²) in [5, 5.41) is 4.60. The number of nitrogens with one attached hydrogen (secondary N) is 1. The lowest BCUT2D eigenvalue weighted by Gasteiger charge is -2.21. The monoisotopic (exact) mass is 307 g/mol. The molecule has 0 aliphatic carbocycles. The van der Waals surface area contributed by atoms with Crippen LogP contribution in [0.1, 0.15) is 17.3 Å². The predicted octanol–water partition coefficient (Wildman–Crippen LogP) is 2.25. The van der Waals surface area contributed by atoms with Gasteiger partial charge in [0.05, 0.1) is 15.4 Å². The van der Waals surface area contributed by atoms with Crippen LogP contribution in [0.4, 0.5) is 0 Å². The van der Waals surface area contributed by atoms with Crippen molar-refractivity contribution in [3.63, 3.8) is 0 Å². The molecule has 1 aromatic rings. The molecule has 0 saturated heterocycles. The van der Waals surface area contributed by atoms with E-state index in [1.165, 1.54) is 25.6 Å². The molecular formula is C10H14BrNO3S. The third-order valence-corrected chi connectivity index (χ3v) is 3.57. The van der Waals surface area contributed by atoms with Crippen molar-refractivity contribution in [1.82, 2.24) is 5.32 Å². The number of methoxy groups -OCH3 is 2. The fraction of sp³-hybridized carbons (Fsp3) is 0.500. The summed E-state index contributed by atoms with van der Waals surface area (Å²) in [5.74, 6) is -0.131. The number of rotatable bonds is 5. The summed E-state index contributed by atoms with van der Waals surface area (Å²) >= 11 is 4.79. The van der Waals surface area contributed by atoms with Gasteiger partial charge in [0, 0.05) is 19.6 Å². The quantitative estimate of drug-likeness (QED) is 0.849. The highest BCUT2D eigenvalue weighted by atomic mass is 79.9. The fourth-order valence-electron chi connectivity index (χ4n) is 1.29. The van der Waals surface area contributed by atoms with E-state index < -0.39 is 6.29 Å². The zero-order chi connectivity index (χ0) is 12.1. The molecule has 1 heterocycles. The van der Waals surface area contributed by atoms with Gasteiger partial charge in [0.1, 0.15) is 0 Å². The highest BCUT2D eigenvalue weighted by Crippen LogP contribution is 2.20. The van der Waals surface area contributed by atoms with Crippen LogP contribution in [0.15, 0.2) is 15.2 Å². The number of amides is 1. The molecule has 16 heavy (non-hydrogen) atoms. The number of carbonyl (C=O) groups is 1. The first kappa shape index (κ1) is 13.6. The first-order valence-corrected chi connectivity index (χ1v) is 6.36. The molecule has 1 atom stereocenters. The lowest BCUT2D eigenvalue weighted by molar-refractivity contribution is -0.117. The molecule has 0 aromatic carbocycles. The minimum Gasteiger partial charge on any atom is -0.354 e. The van der Waals surface area contributed by atoms with Crippen molar-refractivity contribution >= 4 is 33.2 Å². The topological polar surface area (TPSA) is 47.6 Å². The molecule has 90 valence electrons. The number of halogens is 1. The Morgan fingerprint density at radius 2 is 2.12 bits per heavy atom. The van der Waals surface area contributed by atoms with Gasteiger partial charge in [-0.3, -0.25) is 4.79 Å². The van der Waals surface area contributed by atoms with Crippen molar-refractivity contribution in [2.24, 2.45) is 0 Å². The van der Waals surface area contributed by atoms with Gasteiger partial charge < -0.3 is 14.8 Å². The smallest absolute Gasteiger partial charge is 0.252 e. The molecular weight excluding hydrogens is 294 g/mol. The Balaban J connectivity index is 2.57. The molecule has 0 aliphatic heterocycles. The zero-order valence-corrected chi connectivity index (χ0v) is 11.7. The molecule has 0 bridgehead atoms. The van der Waals surface area contributed by atoms with Gasteiger partial charge in [-0.25, -0.2) is 0 Å². The zero-order valence-electron chi connectivity index (χ0n) is 9.32. The molecule has 0 aliphatic rings. The Morgan fingerprint density at radius 1 is 1.50 bits per heavy atom. The molecule has 6 heteroatoms. The summed E-state index contributed by atoms with van der Waals surface area (Å²) in [4.78, 5) is 11.8. The minimum atomic E-state index is -0.439. The van der Waals surface area contributed by atoms with Gasteiger partial charge in [-0.2, -0.15) is 0 Å². The molecule has 1 N–H and O–H groups in total. The number of hydrogen-bond acceptors (Lipinski definition) is 4. The van der Waals surface area contributed by atoms with Crippen molar-refractivity contribution in [3.05, 3.63) is 20.8 Å². The molecule has 1 rings (SSSR count). The van der Waals surface area contributed by atoms with E-state index >= 15 is 0 Å². The normalized spacial score (nSPS) is 12.8. The molecule has 0 fully saturated rings. The van der Waals surface area contributed by atoms with Crippen molar-refractivity contribution in [1.29, 1.82) is 0 Å². The maximum atomic E-state index is 11.8. The second kappa shape index (κ2) is 6.34. The van der Waals surface area contributed by atoms with Gasteiger partial charge >= 0.3 is 0 Å². The highest BCUT2D eigenvalue weighted by molar-refractivity contribution is 9.11. The molecule has 0 spiro atoms. The van der Waals surface area contributed by atoms with Gasteiger partial charge in [0.15, 0.2) is 6.29 Å². The lowest BCUT2D eigenvalue weighted by Crippen LogP contribution is -2.42. The molecule has 1 unspecified atom stereocenters. The Hall–Kier alpha value is -0.430. The van der Waals surface area contributed by atoms with Crippen molar-refractivity contribution < 1.29 is 14.3 Å². The number of hydrogen-bond donors (Lipinski definition) is 1. The summed E-state index contributed by atoms with van der Waals surface area (Å²) < 4.78 is 11.1. The van der Waals surface area contributed by atoms with Crippen LogP contribution >= 0.6 is 27.3 Å². The first-order valence-electron chi connectivity index (χ1n) is 4.69. The van der Waals surface area contributed by atoms with E-state index in [-0.39, 0.29) is 11.9 Å². The molecule has 1 amide bonds. The van der Waals surface area contributed by atoms with Crippen LogP contribution in [0.5, 0.6) is 0 Å². The second-order valence-electron chi connectivity index (χ2n) is 3.24. The molecule has 0 radical (unpaired) electrons. The highest BCUT2D eigenvalue weighted by Gasteiger charge is 2.19. The average Bonchev–Trinajstić information content (AvgIpc) is 2.66. The van der Waals surface area contributed by atoms with Gasteiger partial charge in [-0.15, -0.1) is 11.3 Å². The average molecular weight is 308 g/mol. The van der Waals surface area contributed by atoms with Crippen LogP contribution in [0.25, 0.3) is 0 Å². The maximum Gasteiger partial charge on any atom is 0.252 e. The summed E-state index contributed by atoms with van der Waals surface area (Å²) in [7, 11) is 3.08. The Morgan fingerprint density at radius 3 is 2.56 bits per heavy atom. The predicted molar refractivity (Wildman–Crippen MR) is 66.8 cm³/mol. The van der Waals surface area contributed by atoms with Crippen LogP contribution in [-0.4, -0.2) is 32.5 Å². The van der Waals surface area contributed by atoms with Crippen LogP contribution in [0, 0.1) is 0 Å². The number of carbonyl (C=O) groups excluding carboxylic acids is 1. The molecule has 4 nitrogen and oxygen atoms in total. The Kier molecular flexibility index (Phi) is 5.40. The van der Waals surface area contributed by atoms with Crippen LogP contribution in [0.3, 0.4) is 0 Å². The second-order valence-corrected chi connectivity index (χ2v) is 5.53. The maximum absolute atomic E-state index is 11.8. The number of ether oxygens (including phenoxy) is 2. The van der Waals surface area contributed by atoms with Crippen LogP contribution in [-0.2, 0) is 9.47 Å². The Bertz CT molecular complexity index is 352. The van der Waals surface area contributed by atoms with Crippen molar-refractivity contribution in [2.75, 3.05) is 14.2 Å². The third kappa shape index (κ3) is 3.55. The first-order chi connectivity index (χ1) is 7.58. The van der Waals surface area contributed by atoms with E-state index in [9.17, 15) is 4.79 Å². The fourth-order valence-corrected chi connectivity index (χ4v) is 2.43. The molecule has 0 saturated carbocycles. The van der Waals surface area contributed by atoms with E-state index in [1.54, 1.807) is 11.4 Å². The minimum absolute atomic E-state index is 0.131. The van der Waals surface area contributed by atoms with Gasteiger partial charge in [0.25, 0.3) is 5.91 Å².